The molecule has 19 heavy (non-hydrogen) atoms. The van der Waals surface area contributed by atoms with E-state index in [2.05, 4.69) is 33.7 Å². The van der Waals surface area contributed by atoms with Crippen molar-refractivity contribution in [2.75, 3.05) is 19.0 Å². The molecule has 0 aliphatic heterocycles. The summed E-state index contributed by atoms with van der Waals surface area (Å²) in [5.74, 6) is 0.866. The van der Waals surface area contributed by atoms with Gasteiger partial charge in [0, 0.05) is 30.9 Å². The summed E-state index contributed by atoms with van der Waals surface area (Å²) in [5, 5.41) is 6.46. The van der Waals surface area contributed by atoms with Gasteiger partial charge in [0.25, 0.3) is 0 Å². The van der Waals surface area contributed by atoms with Crippen LogP contribution in [0.5, 0.6) is 0 Å². The highest BCUT2D eigenvalue weighted by Crippen LogP contribution is 2.24. The van der Waals surface area contributed by atoms with Crippen molar-refractivity contribution in [3.05, 3.63) is 28.5 Å². The predicted molar refractivity (Wildman–Crippen MR) is 77.9 cm³/mol. The van der Waals surface area contributed by atoms with Gasteiger partial charge in [0.05, 0.1) is 18.3 Å². The largest absolute Gasteiger partial charge is 0.383 e. The SMILES string of the molecule is COCC(C)Nc1nc(C)cn1C(C)c1nccs1. The van der Waals surface area contributed by atoms with Gasteiger partial charge in [0.2, 0.25) is 5.95 Å². The molecule has 0 spiro atoms. The average molecular weight is 280 g/mol. The summed E-state index contributed by atoms with van der Waals surface area (Å²) < 4.78 is 7.27. The third kappa shape index (κ3) is 3.33. The Morgan fingerprint density at radius 3 is 2.89 bits per heavy atom. The van der Waals surface area contributed by atoms with E-state index in [0.29, 0.717) is 6.61 Å². The van der Waals surface area contributed by atoms with E-state index in [9.17, 15) is 0 Å². The number of anilines is 1. The third-order valence-corrected chi connectivity index (χ3v) is 3.82. The Labute approximate surface area is 117 Å². The first-order chi connectivity index (χ1) is 9.11. The Hall–Kier alpha value is -1.40. The predicted octanol–water partition coefficient (Wildman–Crippen LogP) is 2.70. The highest BCUT2D eigenvalue weighted by atomic mass is 32.1. The number of hydrogen-bond donors (Lipinski definition) is 1. The van der Waals surface area contributed by atoms with Gasteiger partial charge in [-0.05, 0) is 20.8 Å². The molecule has 0 saturated carbocycles. The van der Waals surface area contributed by atoms with Crippen molar-refractivity contribution in [2.45, 2.75) is 32.9 Å². The van der Waals surface area contributed by atoms with Crippen LogP contribution in [0.4, 0.5) is 5.95 Å². The number of nitrogens with zero attached hydrogens (tertiary/aromatic N) is 3. The van der Waals surface area contributed by atoms with Crippen molar-refractivity contribution in [3.8, 4) is 0 Å². The molecule has 0 amide bonds. The lowest BCUT2D eigenvalue weighted by molar-refractivity contribution is 0.190. The fourth-order valence-electron chi connectivity index (χ4n) is 1.99. The zero-order chi connectivity index (χ0) is 13.8. The molecule has 0 fully saturated rings. The Bertz CT molecular complexity index is 509. The number of ether oxygens (including phenoxy) is 1. The first kappa shape index (κ1) is 14.0. The molecular formula is C13H20N4OS. The lowest BCUT2D eigenvalue weighted by Gasteiger charge is -2.18. The molecule has 0 aliphatic rings. The Kier molecular flexibility index (Phi) is 4.55. The second-order valence-corrected chi connectivity index (χ2v) is 5.59. The molecule has 0 saturated heterocycles. The summed E-state index contributed by atoms with van der Waals surface area (Å²) >= 11 is 1.66. The van der Waals surface area contributed by atoms with Gasteiger partial charge >= 0.3 is 0 Å². The Morgan fingerprint density at radius 2 is 2.26 bits per heavy atom. The zero-order valence-corrected chi connectivity index (χ0v) is 12.6. The molecule has 2 atom stereocenters. The minimum Gasteiger partial charge on any atom is -0.383 e. The maximum absolute atomic E-state index is 5.15. The number of imidazole rings is 1. The van der Waals surface area contributed by atoms with Gasteiger partial charge in [0.1, 0.15) is 5.01 Å². The fourth-order valence-corrected chi connectivity index (χ4v) is 2.68. The lowest BCUT2D eigenvalue weighted by atomic mass is 10.3. The van der Waals surface area contributed by atoms with Gasteiger partial charge in [-0.2, -0.15) is 0 Å². The number of aryl methyl sites for hydroxylation is 1. The van der Waals surface area contributed by atoms with Crippen LogP contribution in [-0.2, 0) is 4.74 Å². The van der Waals surface area contributed by atoms with Crippen molar-refractivity contribution in [2.24, 2.45) is 0 Å². The first-order valence-corrected chi connectivity index (χ1v) is 7.20. The second-order valence-electron chi connectivity index (χ2n) is 4.66. The third-order valence-electron chi connectivity index (χ3n) is 2.87. The van der Waals surface area contributed by atoms with Gasteiger partial charge in [-0.15, -0.1) is 11.3 Å². The number of aromatic nitrogens is 3. The molecule has 0 radical (unpaired) electrons. The molecule has 2 rings (SSSR count). The maximum Gasteiger partial charge on any atom is 0.203 e. The molecule has 2 aromatic heterocycles. The number of hydrogen-bond acceptors (Lipinski definition) is 5. The lowest BCUT2D eigenvalue weighted by Crippen LogP contribution is -2.24. The van der Waals surface area contributed by atoms with Gasteiger partial charge in [-0.3, -0.25) is 0 Å². The van der Waals surface area contributed by atoms with E-state index in [1.54, 1.807) is 18.4 Å². The zero-order valence-electron chi connectivity index (χ0n) is 11.8. The van der Waals surface area contributed by atoms with E-state index >= 15 is 0 Å². The summed E-state index contributed by atoms with van der Waals surface area (Å²) in [4.78, 5) is 8.91. The average Bonchev–Trinajstić information content (AvgIpc) is 2.98. The molecular weight excluding hydrogens is 260 g/mol. The van der Waals surface area contributed by atoms with Gasteiger partial charge in [-0.25, -0.2) is 9.97 Å². The quantitative estimate of drug-likeness (QED) is 0.884. The second kappa shape index (κ2) is 6.16. The fraction of sp³-hybridized carbons (Fsp3) is 0.538. The van der Waals surface area contributed by atoms with Crippen molar-refractivity contribution >= 4 is 17.3 Å². The molecule has 5 nitrogen and oxygen atoms in total. The Balaban J connectivity index is 2.20. The van der Waals surface area contributed by atoms with E-state index in [-0.39, 0.29) is 12.1 Å². The van der Waals surface area contributed by atoms with Crippen LogP contribution < -0.4 is 5.32 Å². The van der Waals surface area contributed by atoms with Crippen LogP contribution in [0, 0.1) is 6.92 Å². The topological polar surface area (TPSA) is 52.0 Å². The van der Waals surface area contributed by atoms with Gasteiger partial charge in [0.15, 0.2) is 0 Å². The van der Waals surface area contributed by atoms with Crippen molar-refractivity contribution < 1.29 is 4.74 Å². The number of methoxy groups -OCH3 is 1. The minimum absolute atomic E-state index is 0.179. The summed E-state index contributed by atoms with van der Waals surface area (Å²) in [7, 11) is 1.70. The standard InChI is InChI=1S/C13H20N4OS/c1-9-7-17(11(3)12-14-5-6-19-12)13(15-9)16-10(2)8-18-4/h5-7,10-11H,8H2,1-4H3,(H,15,16). The van der Waals surface area contributed by atoms with Gasteiger partial charge in [-0.1, -0.05) is 0 Å². The van der Waals surface area contributed by atoms with E-state index < -0.39 is 0 Å². The monoisotopic (exact) mass is 280 g/mol. The van der Waals surface area contributed by atoms with Crippen LogP contribution in [0.2, 0.25) is 0 Å². The first-order valence-electron chi connectivity index (χ1n) is 6.32. The molecule has 2 heterocycles. The van der Waals surface area contributed by atoms with Crippen LogP contribution in [0.1, 0.15) is 30.6 Å². The maximum atomic E-state index is 5.15. The molecule has 104 valence electrons. The molecule has 6 heteroatoms. The number of thiazole rings is 1. The van der Waals surface area contributed by atoms with Crippen LogP contribution in [0.15, 0.2) is 17.8 Å². The highest BCUT2D eigenvalue weighted by Gasteiger charge is 2.16. The number of rotatable bonds is 6. The van der Waals surface area contributed by atoms with E-state index in [0.717, 1.165) is 16.6 Å². The van der Waals surface area contributed by atoms with E-state index in [1.165, 1.54) is 0 Å². The van der Waals surface area contributed by atoms with Crippen LogP contribution >= 0.6 is 11.3 Å². The van der Waals surface area contributed by atoms with Crippen molar-refractivity contribution in [3.63, 3.8) is 0 Å². The molecule has 1 N–H and O–H groups in total. The van der Waals surface area contributed by atoms with Crippen LogP contribution in [0.25, 0.3) is 0 Å². The summed E-state index contributed by atoms with van der Waals surface area (Å²) in [6.07, 6.45) is 3.88. The smallest absolute Gasteiger partial charge is 0.203 e. The minimum atomic E-state index is 0.179. The summed E-state index contributed by atoms with van der Waals surface area (Å²) in [5.41, 5.74) is 0.996. The molecule has 2 aromatic rings. The molecule has 0 bridgehead atoms. The molecule has 0 aliphatic carbocycles. The number of nitrogens with one attached hydrogen (secondary N) is 1. The summed E-state index contributed by atoms with van der Waals surface area (Å²) in [6.45, 7) is 6.85. The Morgan fingerprint density at radius 1 is 1.47 bits per heavy atom. The van der Waals surface area contributed by atoms with Crippen LogP contribution in [-0.4, -0.2) is 34.3 Å². The van der Waals surface area contributed by atoms with Crippen LogP contribution in [0.3, 0.4) is 0 Å². The normalized spacial score (nSPS) is 14.3. The van der Waals surface area contributed by atoms with Crippen molar-refractivity contribution in [1.29, 1.82) is 0 Å². The van der Waals surface area contributed by atoms with E-state index in [4.69, 9.17) is 4.74 Å². The summed E-state index contributed by atoms with van der Waals surface area (Å²) in [6, 6.07) is 0.396. The highest BCUT2D eigenvalue weighted by molar-refractivity contribution is 7.09. The molecule has 2 unspecified atom stereocenters. The van der Waals surface area contributed by atoms with Gasteiger partial charge < -0.3 is 14.6 Å². The van der Waals surface area contributed by atoms with Crippen molar-refractivity contribution in [1.82, 2.24) is 14.5 Å². The van der Waals surface area contributed by atoms with E-state index in [1.807, 2.05) is 24.7 Å². The molecule has 0 aromatic carbocycles.